The van der Waals surface area contributed by atoms with E-state index in [0.29, 0.717) is 15.6 Å². The number of nitrogens with one attached hydrogen (secondary N) is 1. The lowest BCUT2D eigenvalue weighted by molar-refractivity contribution is -0.134. The third kappa shape index (κ3) is 5.67. The van der Waals surface area contributed by atoms with Crippen molar-refractivity contribution < 1.29 is 14.4 Å². The summed E-state index contributed by atoms with van der Waals surface area (Å²) in [6.45, 7) is -0.386. The van der Waals surface area contributed by atoms with Gasteiger partial charge in [0, 0.05) is 16.1 Å². The Labute approximate surface area is 113 Å². The molecule has 0 radical (unpaired) electrons. The van der Waals surface area contributed by atoms with E-state index in [1.54, 1.807) is 18.2 Å². The molecule has 0 aliphatic heterocycles. The van der Waals surface area contributed by atoms with E-state index in [2.05, 4.69) is 4.84 Å². The highest BCUT2D eigenvalue weighted by molar-refractivity contribution is 6.34. The molecule has 1 aromatic carbocycles. The van der Waals surface area contributed by atoms with E-state index in [1.807, 2.05) is 5.48 Å². The van der Waals surface area contributed by atoms with E-state index >= 15 is 0 Å². The fraction of sp³-hybridized carbons (Fsp3) is 0.0909. The van der Waals surface area contributed by atoms with Gasteiger partial charge in [-0.2, -0.15) is 0 Å². The molecule has 7 heteroatoms. The Balaban J connectivity index is 2.52. The van der Waals surface area contributed by atoms with Gasteiger partial charge in [0.2, 0.25) is 5.91 Å². The Morgan fingerprint density at radius 2 is 1.89 bits per heavy atom. The van der Waals surface area contributed by atoms with E-state index in [1.165, 1.54) is 12.2 Å². The zero-order valence-corrected chi connectivity index (χ0v) is 10.7. The van der Waals surface area contributed by atoms with Crippen LogP contribution in [-0.4, -0.2) is 18.4 Å². The Morgan fingerprint density at radius 1 is 1.28 bits per heavy atom. The normalized spacial score (nSPS) is 10.6. The maximum Gasteiger partial charge on any atom is 0.267 e. The highest BCUT2D eigenvalue weighted by Gasteiger charge is 1.99. The molecule has 0 bridgehead atoms. The summed E-state index contributed by atoms with van der Waals surface area (Å²) < 4.78 is 0. The maximum absolute atomic E-state index is 11.2. The lowest BCUT2D eigenvalue weighted by Crippen LogP contribution is -2.28. The molecule has 0 aliphatic rings. The second-order valence-electron chi connectivity index (χ2n) is 3.26. The van der Waals surface area contributed by atoms with Crippen LogP contribution < -0.4 is 11.2 Å². The van der Waals surface area contributed by atoms with E-state index in [0.717, 1.165) is 0 Å². The molecule has 1 rings (SSSR count). The molecule has 5 nitrogen and oxygen atoms in total. The zero-order chi connectivity index (χ0) is 13.5. The number of amides is 2. The SMILES string of the molecule is NC(=O)CONC(=O)/C=C/c1cc(Cl)cc(Cl)c1. The van der Waals surface area contributed by atoms with Crippen molar-refractivity contribution in [3.8, 4) is 0 Å². The Morgan fingerprint density at radius 3 is 2.44 bits per heavy atom. The summed E-state index contributed by atoms with van der Waals surface area (Å²) >= 11 is 11.6. The number of primary amides is 1. The molecule has 0 atom stereocenters. The Bertz CT molecular complexity index is 469. The maximum atomic E-state index is 11.2. The number of hydrogen-bond acceptors (Lipinski definition) is 3. The lowest BCUT2D eigenvalue weighted by Gasteiger charge is -2.00. The number of benzene rings is 1. The minimum absolute atomic E-state index is 0.386. The topological polar surface area (TPSA) is 81.4 Å². The van der Waals surface area contributed by atoms with Crippen LogP contribution >= 0.6 is 23.2 Å². The van der Waals surface area contributed by atoms with Gasteiger partial charge in [0.05, 0.1) is 0 Å². The quantitative estimate of drug-likeness (QED) is 0.637. The second kappa shape index (κ2) is 7.00. The second-order valence-corrected chi connectivity index (χ2v) is 4.13. The van der Waals surface area contributed by atoms with Gasteiger partial charge in [-0.25, -0.2) is 5.48 Å². The molecule has 0 spiro atoms. The summed E-state index contributed by atoms with van der Waals surface area (Å²) in [7, 11) is 0. The summed E-state index contributed by atoms with van der Waals surface area (Å²) in [4.78, 5) is 26.1. The number of halogens is 2. The van der Waals surface area contributed by atoms with Crippen LogP contribution in [0.3, 0.4) is 0 Å². The van der Waals surface area contributed by atoms with Gasteiger partial charge in [-0.05, 0) is 29.8 Å². The van der Waals surface area contributed by atoms with E-state index in [9.17, 15) is 9.59 Å². The molecule has 3 N–H and O–H groups in total. The predicted octanol–water partition coefficient (Wildman–Crippen LogP) is 1.54. The zero-order valence-electron chi connectivity index (χ0n) is 9.15. The number of hydrogen-bond donors (Lipinski definition) is 2. The monoisotopic (exact) mass is 288 g/mol. The van der Waals surface area contributed by atoms with Crippen LogP contribution in [0.25, 0.3) is 6.08 Å². The van der Waals surface area contributed by atoms with Crippen LogP contribution in [0.2, 0.25) is 10.0 Å². The highest BCUT2D eigenvalue weighted by atomic mass is 35.5. The van der Waals surface area contributed by atoms with Gasteiger partial charge in [0.15, 0.2) is 6.61 Å². The molecule has 0 aliphatic carbocycles. The van der Waals surface area contributed by atoms with Crippen LogP contribution in [-0.2, 0) is 14.4 Å². The van der Waals surface area contributed by atoms with E-state index < -0.39 is 11.8 Å². The van der Waals surface area contributed by atoms with Crippen molar-refractivity contribution in [3.05, 3.63) is 39.9 Å². The molecule has 0 aromatic heterocycles. The predicted molar refractivity (Wildman–Crippen MR) is 68.8 cm³/mol. The summed E-state index contributed by atoms with van der Waals surface area (Å²) in [5.41, 5.74) is 7.50. The molecule has 0 heterocycles. The van der Waals surface area contributed by atoms with Gasteiger partial charge in [0.1, 0.15) is 0 Å². The lowest BCUT2D eigenvalue weighted by atomic mass is 10.2. The molecule has 0 saturated heterocycles. The molecule has 1 aromatic rings. The third-order valence-corrected chi connectivity index (χ3v) is 2.14. The number of hydroxylamine groups is 1. The fourth-order valence-corrected chi connectivity index (χ4v) is 1.60. The van der Waals surface area contributed by atoms with Crippen LogP contribution in [0.5, 0.6) is 0 Å². The largest absolute Gasteiger partial charge is 0.368 e. The van der Waals surface area contributed by atoms with Gasteiger partial charge in [-0.3, -0.25) is 14.4 Å². The number of nitrogens with two attached hydrogens (primary N) is 1. The standard InChI is InChI=1S/C11H10Cl2N2O3/c12-8-3-7(4-9(13)5-8)1-2-11(17)15-18-6-10(14)16/h1-5H,6H2,(H2,14,16)(H,15,17)/b2-1+. The van der Waals surface area contributed by atoms with Crippen molar-refractivity contribution in [1.29, 1.82) is 0 Å². The van der Waals surface area contributed by atoms with Crippen LogP contribution in [0.15, 0.2) is 24.3 Å². The number of rotatable bonds is 5. The Kier molecular flexibility index (Phi) is 5.64. The van der Waals surface area contributed by atoms with Crippen molar-refractivity contribution >= 4 is 41.1 Å². The molecule has 96 valence electrons. The smallest absolute Gasteiger partial charge is 0.267 e. The van der Waals surface area contributed by atoms with Crippen molar-refractivity contribution in [2.75, 3.05) is 6.61 Å². The van der Waals surface area contributed by atoms with Crippen LogP contribution in [0, 0.1) is 0 Å². The summed E-state index contributed by atoms with van der Waals surface area (Å²) in [6.07, 6.45) is 2.71. The minimum Gasteiger partial charge on any atom is -0.368 e. The Hall–Kier alpha value is -1.56. The summed E-state index contributed by atoms with van der Waals surface area (Å²) in [5, 5.41) is 0.931. The van der Waals surface area contributed by atoms with Crippen molar-refractivity contribution in [2.24, 2.45) is 5.73 Å². The van der Waals surface area contributed by atoms with Crippen molar-refractivity contribution in [2.45, 2.75) is 0 Å². The van der Waals surface area contributed by atoms with Crippen molar-refractivity contribution in [3.63, 3.8) is 0 Å². The van der Waals surface area contributed by atoms with Gasteiger partial charge in [-0.15, -0.1) is 0 Å². The minimum atomic E-state index is -0.680. The van der Waals surface area contributed by atoms with Crippen LogP contribution in [0.4, 0.5) is 0 Å². The van der Waals surface area contributed by atoms with E-state index in [-0.39, 0.29) is 6.61 Å². The molecule has 18 heavy (non-hydrogen) atoms. The summed E-state index contributed by atoms with van der Waals surface area (Å²) in [6, 6.07) is 4.86. The van der Waals surface area contributed by atoms with Crippen molar-refractivity contribution in [1.82, 2.24) is 5.48 Å². The first kappa shape index (κ1) is 14.5. The van der Waals surface area contributed by atoms with Gasteiger partial charge in [-0.1, -0.05) is 23.2 Å². The van der Waals surface area contributed by atoms with Gasteiger partial charge < -0.3 is 5.73 Å². The van der Waals surface area contributed by atoms with Crippen LogP contribution in [0.1, 0.15) is 5.56 Å². The average molecular weight is 289 g/mol. The fourth-order valence-electron chi connectivity index (χ4n) is 1.06. The molecular formula is C11H10Cl2N2O3. The molecule has 2 amide bonds. The molecule has 0 unspecified atom stereocenters. The molecular weight excluding hydrogens is 279 g/mol. The number of carbonyl (C=O) groups excluding carboxylic acids is 2. The first-order chi connectivity index (χ1) is 8.47. The third-order valence-electron chi connectivity index (χ3n) is 1.70. The average Bonchev–Trinajstić information content (AvgIpc) is 2.24. The highest BCUT2D eigenvalue weighted by Crippen LogP contribution is 2.19. The van der Waals surface area contributed by atoms with Gasteiger partial charge in [0.25, 0.3) is 5.91 Å². The molecule has 0 saturated carbocycles. The number of carbonyl (C=O) groups is 2. The summed E-state index contributed by atoms with van der Waals surface area (Å²) in [5.74, 6) is -1.21. The van der Waals surface area contributed by atoms with E-state index in [4.69, 9.17) is 28.9 Å². The molecule has 0 fully saturated rings. The first-order valence-electron chi connectivity index (χ1n) is 4.81. The van der Waals surface area contributed by atoms with Gasteiger partial charge >= 0.3 is 0 Å². The first-order valence-corrected chi connectivity index (χ1v) is 5.57.